The van der Waals surface area contributed by atoms with Crippen molar-refractivity contribution in [2.24, 2.45) is 16.6 Å². The lowest BCUT2D eigenvalue weighted by Crippen LogP contribution is -2.33. The summed E-state index contributed by atoms with van der Waals surface area (Å²) in [7, 11) is 3.25. The molecule has 1 aromatic rings. The van der Waals surface area contributed by atoms with E-state index in [1.54, 1.807) is 14.2 Å². The van der Waals surface area contributed by atoms with Gasteiger partial charge in [0.15, 0.2) is 11.5 Å². The molecule has 1 aromatic carbocycles. The molecule has 140 valence electrons. The van der Waals surface area contributed by atoms with Crippen LogP contribution < -0.4 is 15.2 Å². The zero-order valence-electron chi connectivity index (χ0n) is 16.5. The van der Waals surface area contributed by atoms with E-state index in [9.17, 15) is 0 Å². The molecular formula is C19H35NO4. The van der Waals surface area contributed by atoms with Gasteiger partial charge in [-0.1, -0.05) is 47.6 Å². The first kappa shape index (κ1) is 22.7. The molecule has 0 aliphatic carbocycles. The van der Waals surface area contributed by atoms with Crippen LogP contribution in [0.3, 0.4) is 0 Å². The zero-order chi connectivity index (χ0) is 19.0. The van der Waals surface area contributed by atoms with E-state index in [0.717, 1.165) is 5.56 Å². The average molecular weight is 341 g/mol. The van der Waals surface area contributed by atoms with Gasteiger partial charge >= 0.3 is 0 Å². The van der Waals surface area contributed by atoms with Crippen LogP contribution in [-0.2, 0) is 11.3 Å². The molecule has 0 aliphatic heterocycles. The largest absolute Gasteiger partial charge is 0.493 e. The number of aliphatic hydroxyl groups is 1. The normalized spacial score (nSPS) is 12.9. The van der Waals surface area contributed by atoms with Crippen molar-refractivity contribution < 1.29 is 19.3 Å². The van der Waals surface area contributed by atoms with E-state index in [0.29, 0.717) is 18.0 Å². The molecule has 0 spiro atoms. The fourth-order valence-corrected chi connectivity index (χ4v) is 1.63. The quantitative estimate of drug-likeness (QED) is 0.801. The van der Waals surface area contributed by atoms with Gasteiger partial charge in [0.05, 0.1) is 7.11 Å². The molecule has 1 atom stereocenters. The van der Waals surface area contributed by atoms with E-state index in [-0.39, 0.29) is 23.7 Å². The number of hydrogen-bond donors (Lipinski definition) is 2. The molecule has 5 nitrogen and oxygen atoms in total. The van der Waals surface area contributed by atoms with Crippen molar-refractivity contribution in [1.29, 1.82) is 0 Å². The maximum Gasteiger partial charge on any atom is 0.204 e. The van der Waals surface area contributed by atoms with Crippen LogP contribution >= 0.6 is 0 Å². The number of rotatable bonds is 5. The minimum atomic E-state index is -0.348. The van der Waals surface area contributed by atoms with E-state index in [1.165, 1.54) is 0 Å². The Kier molecular flexibility index (Phi) is 9.33. The molecule has 0 aliphatic rings. The number of nitrogens with two attached hydrogens (primary N) is 1. The fourth-order valence-electron chi connectivity index (χ4n) is 1.63. The van der Waals surface area contributed by atoms with Gasteiger partial charge in [-0.3, -0.25) is 0 Å². The van der Waals surface area contributed by atoms with Gasteiger partial charge in [0.25, 0.3) is 0 Å². The summed E-state index contributed by atoms with van der Waals surface area (Å²) < 4.78 is 16.6. The van der Waals surface area contributed by atoms with Crippen LogP contribution in [0, 0.1) is 10.8 Å². The van der Waals surface area contributed by atoms with Gasteiger partial charge in [-0.25, -0.2) is 0 Å². The Morgan fingerprint density at radius 3 is 1.92 bits per heavy atom. The van der Waals surface area contributed by atoms with E-state index in [1.807, 2.05) is 39.0 Å². The van der Waals surface area contributed by atoms with E-state index in [4.69, 9.17) is 25.1 Å². The van der Waals surface area contributed by atoms with Crippen LogP contribution in [0.25, 0.3) is 0 Å². The molecular weight excluding hydrogens is 306 g/mol. The Morgan fingerprint density at radius 1 is 1.04 bits per heavy atom. The first-order valence-corrected chi connectivity index (χ1v) is 8.15. The minimum Gasteiger partial charge on any atom is -0.493 e. The SMILES string of the molecule is CC(C)(C)CO.COc1ccc(CN)cc1OC(OC)C(C)(C)C. The maximum absolute atomic E-state index is 8.40. The fraction of sp³-hybridized carbons (Fsp3) is 0.684. The Balaban J connectivity index is 0.000000754. The van der Waals surface area contributed by atoms with Crippen molar-refractivity contribution in [1.82, 2.24) is 0 Å². The van der Waals surface area contributed by atoms with Crippen LogP contribution in [-0.4, -0.2) is 32.2 Å². The first-order valence-electron chi connectivity index (χ1n) is 8.15. The molecule has 1 unspecified atom stereocenters. The molecule has 0 saturated carbocycles. The van der Waals surface area contributed by atoms with Gasteiger partial charge in [0.2, 0.25) is 6.29 Å². The highest BCUT2D eigenvalue weighted by Crippen LogP contribution is 2.32. The second kappa shape index (κ2) is 9.87. The summed E-state index contributed by atoms with van der Waals surface area (Å²) in [5, 5.41) is 8.40. The number of methoxy groups -OCH3 is 2. The molecule has 0 bridgehead atoms. The van der Waals surface area contributed by atoms with Crippen molar-refractivity contribution >= 4 is 0 Å². The zero-order valence-corrected chi connectivity index (χ0v) is 16.5. The molecule has 0 amide bonds. The highest BCUT2D eigenvalue weighted by molar-refractivity contribution is 5.43. The molecule has 0 heterocycles. The highest BCUT2D eigenvalue weighted by atomic mass is 16.7. The first-order chi connectivity index (χ1) is 11.0. The lowest BCUT2D eigenvalue weighted by atomic mass is 9.96. The molecule has 3 N–H and O–H groups in total. The highest BCUT2D eigenvalue weighted by Gasteiger charge is 2.27. The van der Waals surface area contributed by atoms with E-state index >= 15 is 0 Å². The summed E-state index contributed by atoms with van der Waals surface area (Å²) in [6, 6.07) is 5.66. The maximum atomic E-state index is 8.40. The van der Waals surface area contributed by atoms with E-state index in [2.05, 4.69) is 20.8 Å². The monoisotopic (exact) mass is 341 g/mol. The molecule has 1 rings (SSSR count). The second-order valence-corrected chi connectivity index (χ2v) is 7.96. The average Bonchev–Trinajstić information content (AvgIpc) is 2.51. The van der Waals surface area contributed by atoms with Gasteiger partial charge in [-0.05, 0) is 23.1 Å². The van der Waals surface area contributed by atoms with Crippen LogP contribution in [0.15, 0.2) is 18.2 Å². The van der Waals surface area contributed by atoms with Gasteiger partial charge in [0.1, 0.15) is 0 Å². The Bertz CT molecular complexity index is 475. The van der Waals surface area contributed by atoms with Gasteiger partial charge in [-0.15, -0.1) is 0 Å². The van der Waals surface area contributed by atoms with Gasteiger partial charge < -0.3 is 25.1 Å². The van der Waals surface area contributed by atoms with E-state index < -0.39 is 0 Å². The lowest BCUT2D eigenvalue weighted by Gasteiger charge is -2.30. The predicted octanol–water partition coefficient (Wildman–Crippen LogP) is 3.58. The summed E-state index contributed by atoms with van der Waals surface area (Å²) >= 11 is 0. The van der Waals surface area contributed by atoms with Crippen molar-refractivity contribution in [2.45, 2.75) is 54.4 Å². The van der Waals surface area contributed by atoms with Crippen LogP contribution in [0.2, 0.25) is 0 Å². The molecule has 0 saturated heterocycles. The molecule has 0 fully saturated rings. The van der Waals surface area contributed by atoms with Crippen molar-refractivity contribution in [3.8, 4) is 11.5 Å². The third-order valence-corrected chi connectivity index (χ3v) is 3.09. The van der Waals surface area contributed by atoms with Gasteiger partial charge in [-0.2, -0.15) is 0 Å². The molecule has 0 radical (unpaired) electrons. The van der Waals surface area contributed by atoms with Crippen molar-refractivity contribution in [3.63, 3.8) is 0 Å². The number of aliphatic hydroxyl groups excluding tert-OH is 1. The van der Waals surface area contributed by atoms with Crippen molar-refractivity contribution in [3.05, 3.63) is 23.8 Å². The predicted molar refractivity (Wildman–Crippen MR) is 98.3 cm³/mol. The summed E-state index contributed by atoms with van der Waals surface area (Å²) in [6.45, 7) is 12.9. The smallest absolute Gasteiger partial charge is 0.204 e. The summed E-state index contributed by atoms with van der Waals surface area (Å²) in [5.41, 5.74) is 6.60. The van der Waals surface area contributed by atoms with Crippen LogP contribution in [0.4, 0.5) is 0 Å². The third-order valence-electron chi connectivity index (χ3n) is 3.09. The van der Waals surface area contributed by atoms with Crippen molar-refractivity contribution in [2.75, 3.05) is 20.8 Å². The number of ether oxygens (including phenoxy) is 3. The summed E-state index contributed by atoms with van der Waals surface area (Å²) in [6.07, 6.45) is -0.348. The Hall–Kier alpha value is -1.30. The Morgan fingerprint density at radius 2 is 1.58 bits per heavy atom. The standard InChI is InChI=1S/C14H23NO3.C5H12O/c1-14(2,3)13(17-5)18-12-8-10(9-15)6-7-11(12)16-4;1-5(2,3)4-6/h6-8,13H,9,15H2,1-5H3;6H,4H2,1-3H3. The van der Waals surface area contributed by atoms with Crippen LogP contribution in [0.5, 0.6) is 11.5 Å². The van der Waals surface area contributed by atoms with Gasteiger partial charge in [0, 0.05) is 25.7 Å². The minimum absolute atomic E-state index is 0.0972. The molecule has 0 aromatic heterocycles. The molecule has 24 heavy (non-hydrogen) atoms. The summed E-state index contributed by atoms with van der Waals surface area (Å²) in [5.74, 6) is 1.33. The van der Waals surface area contributed by atoms with Crippen LogP contribution in [0.1, 0.15) is 47.1 Å². The lowest BCUT2D eigenvalue weighted by molar-refractivity contribution is -0.121. The summed E-state index contributed by atoms with van der Waals surface area (Å²) in [4.78, 5) is 0. The number of hydrogen-bond acceptors (Lipinski definition) is 5. The number of benzene rings is 1. The third kappa shape index (κ3) is 8.52. The molecule has 5 heteroatoms. The Labute approximate surface area is 147 Å². The second-order valence-electron chi connectivity index (χ2n) is 7.96. The topological polar surface area (TPSA) is 73.9 Å².